The maximum Gasteiger partial charge on any atom is 0.573 e. The van der Waals surface area contributed by atoms with Crippen molar-refractivity contribution in [3.05, 3.63) is 64.4 Å². The second-order valence-corrected chi connectivity index (χ2v) is 9.66. The fourth-order valence-electron chi connectivity index (χ4n) is 3.37. The van der Waals surface area contributed by atoms with Gasteiger partial charge in [0.15, 0.2) is 5.69 Å². The number of nitrogens with one attached hydrogen (secondary N) is 1. The van der Waals surface area contributed by atoms with E-state index < -0.39 is 50.4 Å². The molecule has 0 radical (unpaired) electrons. The Labute approximate surface area is 203 Å². The molecule has 0 saturated heterocycles. The van der Waals surface area contributed by atoms with Gasteiger partial charge in [0.1, 0.15) is 5.75 Å². The van der Waals surface area contributed by atoms with E-state index in [1.54, 1.807) is 4.72 Å². The third-order valence-electron chi connectivity index (χ3n) is 4.97. The first-order chi connectivity index (χ1) is 16.7. The van der Waals surface area contributed by atoms with Crippen molar-refractivity contribution in [2.75, 3.05) is 0 Å². The van der Waals surface area contributed by atoms with E-state index in [-0.39, 0.29) is 22.3 Å². The molecular weight excluding hydrogens is 542 g/mol. The average molecular weight is 555 g/mol. The number of hydrogen-bond acceptors (Lipinski definition) is 6. The topological polar surface area (TPSA) is 103 Å². The minimum Gasteiger partial charge on any atom is -0.406 e. The summed E-state index contributed by atoms with van der Waals surface area (Å²) in [4.78, 5) is 11.7. The van der Waals surface area contributed by atoms with E-state index in [4.69, 9.17) is 11.6 Å². The number of benzene rings is 2. The molecule has 1 aromatic heterocycles. The Bertz CT molecular complexity index is 1430. The average Bonchev–Trinajstić information content (AvgIpc) is 3.50. The predicted octanol–water partition coefficient (Wildman–Crippen LogP) is 4.83. The SMILES string of the molecule is O=C(NS(=O)(=O)c1ccccc1C(F)(F)F)c1nnn(-c2ccc(OC(F)(F)F)cc2Cl)c1C1CC1. The molecule has 0 bridgehead atoms. The van der Waals surface area contributed by atoms with E-state index in [0.717, 1.165) is 35.0 Å². The van der Waals surface area contributed by atoms with Crippen molar-refractivity contribution in [1.29, 1.82) is 0 Å². The molecular formula is C20H13ClF6N4O4S. The molecule has 3 aromatic rings. The van der Waals surface area contributed by atoms with Gasteiger partial charge in [-0.25, -0.2) is 17.8 Å². The van der Waals surface area contributed by atoms with Gasteiger partial charge in [-0.3, -0.25) is 4.79 Å². The van der Waals surface area contributed by atoms with Gasteiger partial charge in [0.05, 0.1) is 26.9 Å². The largest absolute Gasteiger partial charge is 0.573 e. The van der Waals surface area contributed by atoms with Crippen molar-refractivity contribution in [2.45, 2.75) is 36.2 Å². The Balaban J connectivity index is 1.68. The number of halogens is 7. The Hall–Kier alpha value is -3.33. The summed E-state index contributed by atoms with van der Waals surface area (Å²) in [5.74, 6) is -2.28. The quantitative estimate of drug-likeness (QED) is 0.438. The molecule has 36 heavy (non-hydrogen) atoms. The predicted molar refractivity (Wildman–Crippen MR) is 111 cm³/mol. The molecule has 0 atom stereocenters. The number of nitrogens with zero attached hydrogens (tertiary/aromatic N) is 3. The molecule has 2 aromatic carbocycles. The van der Waals surface area contributed by atoms with E-state index in [1.165, 1.54) is 0 Å². The lowest BCUT2D eigenvalue weighted by Gasteiger charge is -2.14. The normalized spacial score (nSPS) is 14.5. The summed E-state index contributed by atoms with van der Waals surface area (Å²) >= 11 is 6.09. The van der Waals surface area contributed by atoms with Crippen molar-refractivity contribution < 1.29 is 44.3 Å². The number of amides is 1. The van der Waals surface area contributed by atoms with Crippen LogP contribution in [-0.4, -0.2) is 35.7 Å². The molecule has 4 rings (SSSR count). The summed E-state index contributed by atoms with van der Waals surface area (Å²) in [5.41, 5.74) is -1.84. The Morgan fingerprint density at radius 2 is 1.75 bits per heavy atom. The van der Waals surface area contributed by atoms with Crippen LogP contribution in [0.25, 0.3) is 5.69 Å². The smallest absolute Gasteiger partial charge is 0.406 e. The fourth-order valence-corrected chi connectivity index (χ4v) is 4.80. The molecule has 1 fully saturated rings. The summed E-state index contributed by atoms with van der Waals surface area (Å²) in [7, 11) is -4.98. The Morgan fingerprint density at radius 3 is 2.33 bits per heavy atom. The highest BCUT2D eigenvalue weighted by molar-refractivity contribution is 7.90. The monoisotopic (exact) mass is 554 g/mol. The summed E-state index contributed by atoms with van der Waals surface area (Å²) in [5, 5.41) is 7.20. The number of sulfonamides is 1. The van der Waals surface area contributed by atoms with Crippen LogP contribution in [0.5, 0.6) is 5.75 Å². The number of hydrogen-bond donors (Lipinski definition) is 1. The summed E-state index contributed by atoms with van der Waals surface area (Å²) in [6.07, 6.45) is -8.87. The van der Waals surface area contributed by atoms with E-state index in [1.807, 2.05) is 0 Å². The third-order valence-corrected chi connectivity index (χ3v) is 6.67. The first-order valence-electron chi connectivity index (χ1n) is 9.92. The van der Waals surface area contributed by atoms with Gasteiger partial charge in [0, 0.05) is 12.0 Å². The number of alkyl halides is 6. The van der Waals surface area contributed by atoms with Crippen LogP contribution in [0.2, 0.25) is 5.02 Å². The van der Waals surface area contributed by atoms with E-state index in [9.17, 15) is 39.6 Å². The standard InChI is InChI=1S/C20H13ClF6N4O4S/c21-13-9-11(35-20(25,26)27)7-8-14(13)31-17(10-5-6-10)16(28-30-31)18(32)29-36(33,34)15-4-2-1-3-12(15)19(22,23)24/h1-4,7-10H,5-6H2,(H,29,32). The second kappa shape index (κ2) is 8.96. The van der Waals surface area contributed by atoms with Crippen molar-refractivity contribution in [3.8, 4) is 11.4 Å². The van der Waals surface area contributed by atoms with Crippen LogP contribution in [0.1, 0.15) is 40.5 Å². The Morgan fingerprint density at radius 1 is 1.08 bits per heavy atom. The lowest BCUT2D eigenvalue weighted by atomic mass is 10.2. The highest BCUT2D eigenvalue weighted by atomic mass is 35.5. The van der Waals surface area contributed by atoms with Crippen LogP contribution in [0.15, 0.2) is 47.4 Å². The molecule has 0 unspecified atom stereocenters. The minimum atomic E-state index is -5.00. The third kappa shape index (κ3) is 5.41. The molecule has 1 aliphatic carbocycles. The lowest BCUT2D eigenvalue weighted by molar-refractivity contribution is -0.274. The fraction of sp³-hybridized carbons (Fsp3) is 0.250. The number of aromatic nitrogens is 3. The summed E-state index contributed by atoms with van der Waals surface area (Å²) in [6, 6.07) is 6.25. The van der Waals surface area contributed by atoms with Gasteiger partial charge in [-0.1, -0.05) is 28.9 Å². The van der Waals surface area contributed by atoms with Crippen molar-refractivity contribution in [1.82, 2.24) is 19.7 Å². The van der Waals surface area contributed by atoms with Gasteiger partial charge in [0.2, 0.25) is 0 Å². The second-order valence-electron chi connectivity index (χ2n) is 7.60. The number of ether oxygens (including phenoxy) is 1. The van der Waals surface area contributed by atoms with Gasteiger partial charge in [-0.2, -0.15) is 13.2 Å². The van der Waals surface area contributed by atoms with E-state index >= 15 is 0 Å². The molecule has 0 spiro atoms. The zero-order chi connectivity index (χ0) is 26.5. The minimum absolute atomic E-state index is 0.0184. The van der Waals surface area contributed by atoms with Crippen LogP contribution in [0, 0.1) is 0 Å². The maximum absolute atomic E-state index is 13.3. The van der Waals surface area contributed by atoms with Crippen LogP contribution in [0.3, 0.4) is 0 Å². The number of carbonyl (C=O) groups is 1. The summed E-state index contributed by atoms with van der Waals surface area (Å²) < 4.78 is 109. The molecule has 1 amide bonds. The van der Waals surface area contributed by atoms with Crippen molar-refractivity contribution in [3.63, 3.8) is 0 Å². The van der Waals surface area contributed by atoms with Gasteiger partial charge in [-0.05, 0) is 37.1 Å². The van der Waals surface area contributed by atoms with Crippen LogP contribution in [0.4, 0.5) is 26.3 Å². The highest BCUT2D eigenvalue weighted by Crippen LogP contribution is 2.43. The molecule has 1 saturated carbocycles. The van der Waals surface area contributed by atoms with E-state index in [2.05, 4.69) is 15.0 Å². The van der Waals surface area contributed by atoms with Crippen molar-refractivity contribution >= 4 is 27.5 Å². The molecule has 16 heteroatoms. The van der Waals surface area contributed by atoms with Crippen LogP contribution >= 0.6 is 11.6 Å². The first-order valence-corrected chi connectivity index (χ1v) is 11.8. The zero-order valence-corrected chi connectivity index (χ0v) is 19.1. The molecule has 1 aliphatic rings. The molecule has 1 heterocycles. The van der Waals surface area contributed by atoms with Gasteiger partial charge >= 0.3 is 12.5 Å². The summed E-state index contributed by atoms with van der Waals surface area (Å²) in [6.45, 7) is 0. The molecule has 1 N–H and O–H groups in total. The van der Waals surface area contributed by atoms with Gasteiger partial charge < -0.3 is 4.74 Å². The van der Waals surface area contributed by atoms with Crippen LogP contribution < -0.4 is 9.46 Å². The van der Waals surface area contributed by atoms with Crippen LogP contribution in [-0.2, 0) is 16.2 Å². The molecule has 0 aliphatic heterocycles. The van der Waals surface area contributed by atoms with Gasteiger partial charge in [0.25, 0.3) is 15.9 Å². The maximum atomic E-state index is 13.3. The molecule has 8 nitrogen and oxygen atoms in total. The molecule has 192 valence electrons. The zero-order valence-electron chi connectivity index (χ0n) is 17.6. The number of carbonyl (C=O) groups excluding carboxylic acids is 1. The Kier molecular flexibility index (Phi) is 6.41. The van der Waals surface area contributed by atoms with Gasteiger partial charge in [-0.15, -0.1) is 18.3 Å². The highest BCUT2D eigenvalue weighted by Gasteiger charge is 2.39. The first kappa shape index (κ1) is 25.8. The van der Waals surface area contributed by atoms with E-state index in [0.29, 0.717) is 25.0 Å². The van der Waals surface area contributed by atoms with Crippen molar-refractivity contribution in [2.24, 2.45) is 0 Å². The number of rotatable bonds is 6. The lowest BCUT2D eigenvalue weighted by Crippen LogP contribution is -2.33.